The zero-order valence-electron chi connectivity index (χ0n) is 10.4. The van der Waals surface area contributed by atoms with Gasteiger partial charge in [-0.3, -0.25) is 9.48 Å². The topological polar surface area (TPSA) is 58.4 Å². The number of β-amino-alcohol motifs (C(OH)–C–C–N with tert-alkyl or cyclic N) is 1. The summed E-state index contributed by atoms with van der Waals surface area (Å²) in [4.78, 5) is 13.5. The SMILES string of the molecule is Cc1nn(C)c(Cl)c1/C=C/C(=O)N1CC[C@H](O)C1. The van der Waals surface area contributed by atoms with Crippen LogP contribution in [0.3, 0.4) is 0 Å². The van der Waals surface area contributed by atoms with Crippen molar-refractivity contribution in [3.8, 4) is 0 Å². The number of amides is 1. The van der Waals surface area contributed by atoms with Crippen LogP contribution >= 0.6 is 11.6 Å². The standard InChI is InChI=1S/C12H16ClN3O2/c1-8-10(12(13)15(2)14-8)3-4-11(18)16-6-5-9(17)7-16/h3-4,9,17H,5-7H2,1-2H3/b4-3+/t9-/m0/s1. The molecule has 0 saturated carbocycles. The smallest absolute Gasteiger partial charge is 0.246 e. The summed E-state index contributed by atoms with van der Waals surface area (Å²) in [5, 5.41) is 14.1. The van der Waals surface area contributed by atoms with Crippen LogP contribution in [-0.2, 0) is 11.8 Å². The fraction of sp³-hybridized carbons (Fsp3) is 0.500. The number of aromatic nitrogens is 2. The van der Waals surface area contributed by atoms with Crippen molar-refractivity contribution in [2.75, 3.05) is 13.1 Å². The summed E-state index contributed by atoms with van der Waals surface area (Å²) >= 11 is 6.06. The van der Waals surface area contributed by atoms with Crippen LogP contribution in [0.25, 0.3) is 6.08 Å². The molecule has 18 heavy (non-hydrogen) atoms. The summed E-state index contributed by atoms with van der Waals surface area (Å²) in [5.74, 6) is -0.106. The van der Waals surface area contributed by atoms with E-state index in [1.807, 2.05) is 6.92 Å². The van der Waals surface area contributed by atoms with Gasteiger partial charge in [-0.05, 0) is 19.4 Å². The molecule has 1 saturated heterocycles. The van der Waals surface area contributed by atoms with E-state index < -0.39 is 6.10 Å². The van der Waals surface area contributed by atoms with Crippen LogP contribution in [-0.4, -0.2) is 44.9 Å². The van der Waals surface area contributed by atoms with Crippen LogP contribution in [0.1, 0.15) is 17.7 Å². The van der Waals surface area contributed by atoms with Gasteiger partial charge < -0.3 is 10.0 Å². The Bertz CT molecular complexity index is 496. The van der Waals surface area contributed by atoms with E-state index in [9.17, 15) is 9.90 Å². The second-order valence-corrected chi connectivity index (χ2v) is 4.83. The van der Waals surface area contributed by atoms with E-state index in [4.69, 9.17) is 11.6 Å². The monoisotopic (exact) mass is 269 g/mol. The van der Waals surface area contributed by atoms with Crippen LogP contribution < -0.4 is 0 Å². The van der Waals surface area contributed by atoms with Gasteiger partial charge in [0.05, 0.1) is 11.8 Å². The first kappa shape index (κ1) is 13.1. The predicted molar refractivity (Wildman–Crippen MR) is 69.2 cm³/mol. The van der Waals surface area contributed by atoms with Gasteiger partial charge in [0.2, 0.25) is 5.91 Å². The van der Waals surface area contributed by atoms with Crippen LogP contribution in [0.4, 0.5) is 0 Å². The lowest BCUT2D eigenvalue weighted by Crippen LogP contribution is -2.27. The molecule has 0 aliphatic carbocycles. The molecule has 6 heteroatoms. The molecule has 0 unspecified atom stereocenters. The number of rotatable bonds is 2. The maximum absolute atomic E-state index is 11.9. The maximum Gasteiger partial charge on any atom is 0.246 e. The van der Waals surface area contributed by atoms with Crippen molar-refractivity contribution >= 4 is 23.6 Å². The van der Waals surface area contributed by atoms with E-state index in [2.05, 4.69) is 5.10 Å². The number of carbonyl (C=O) groups is 1. The molecule has 1 fully saturated rings. The maximum atomic E-state index is 11.9. The summed E-state index contributed by atoms with van der Waals surface area (Å²) < 4.78 is 1.57. The average molecular weight is 270 g/mol. The molecule has 2 rings (SSSR count). The molecule has 1 aliphatic rings. The first-order chi connectivity index (χ1) is 8.49. The van der Waals surface area contributed by atoms with Gasteiger partial charge in [0.1, 0.15) is 5.15 Å². The summed E-state index contributed by atoms with van der Waals surface area (Å²) in [7, 11) is 1.76. The molecule has 1 aliphatic heterocycles. The highest BCUT2D eigenvalue weighted by Gasteiger charge is 2.22. The Morgan fingerprint density at radius 3 is 2.83 bits per heavy atom. The lowest BCUT2D eigenvalue weighted by atomic mass is 10.2. The molecular formula is C12H16ClN3O2. The number of nitrogens with zero attached hydrogens (tertiary/aromatic N) is 3. The van der Waals surface area contributed by atoms with E-state index in [0.717, 1.165) is 11.3 Å². The molecule has 1 N–H and O–H groups in total. The number of hydrogen-bond acceptors (Lipinski definition) is 3. The normalized spacial score (nSPS) is 20.0. The van der Waals surface area contributed by atoms with Crippen molar-refractivity contribution in [3.05, 3.63) is 22.5 Å². The van der Waals surface area contributed by atoms with Gasteiger partial charge in [-0.2, -0.15) is 5.10 Å². The van der Waals surface area contributed by atoms with Crippen molar-refractivity contribution in [2.45, 2.75) is 19.4 Å². The lowest BCUT2D eigenvalue weighted by molar-refractivity contribution is -0.125. The molecule has 1 amide bonds. The largest absolute Gasteiger partial charge is 0.391 e. The zero-order chi connectivity index (χ0) is 13.3. The third-order valence-electron chi connectivity index (χ3n) is 3.06. The molecule has 1 atom stereocenters. The number of aliphatic hydroxyl groups excluding tert-OH is 1. The summed E-state index contributed by atoms with van der Waals surface area (Å²) in [6.45, 7) is 2.85. The molecule has 5 nitrogen and oxygen atoms in total. The fourth-order valence-corrected chi connectivity index (χ4v) is 2.28. The summed E-state index contributed by atoms with van der Waals surface area (Å²) in [5.41, 5.74) is 1.54. The van der Waals surface area contributed by atoms with Gasteiger partial charge in [-0.25, -0.2) is 0 Å². The predicted octanol–water partition coefficient (Wildman–Crippen LogP) is 0.988. The van der Waals surface area contributed by atoms with Gasteiger partial charge >= 0.3 is 0 Å². The Kier molecular flexibility index (Phi) is 3.73. The molecule has 0 radical (unpaired) electrons. The number of aryl methyl sites for hydroxylation is 2. The highest BCUT2D eigenvalue weighted by molar-refractivity contribution is 6.31. The average Bonchev–Trinajstić information content (AvgIpc) is 2.83. The second kappa shape index (κ2) is 5.12. The van der Waals surface area contributed by atoms with E-state index in [1.54, 1.807) is 22.7 Å². The molecule has 0 bridgehead atoms. The highest BCUT2D eigenvalue weighted by atomic mass is 35.5. The van der Waals surface area contributed by atoms with Crippen molar-refractivity contribution in [1.29, 1.82) is 0 Å². The number of carbonyl (C=O) groups excluding carboxylic acids is 1. The van der Waals surface area contributed by atoms with E-state index in [0.29, 0.717) is 24.7 Å². The van der Waals surface area contributed by atoms with Crippen molar-refractivity contribution in [1.82, 2.24) is 14.7 Å². The van der Waals surface area contributed by atoms with Crippen LogP contribution in [0.15, 0.2) is 6.08 Å². The minimum absolute atomic E-state index is 0.106. The quantitative estimate of drug-likeness (QED) is 0.815. The van der Waals surface area contributed by atoms with E-state index in [-0.39, 0.29) is 5.91 Å². The number of aliphatic hydroxyl groups is 1. The highest BCUT2D eigenvalue weighted by Crippen LogP contribution is 2.20. The second-order valence-electron chi connectivity index (χ2n) is 4.47. The minimum Gasteiger partial charge on any atom is -0.391 e. The Hall–Kier alpha value is -1.33. The van der Waals surface area contributed by atoms with Crippen molar-refractivity contribution in [3.63, 3.8) is 0 Å². The van der Waals surface area contributed by atoms with Crippen LogP contribution in [0, 0.1) is 6.92 Å². The zero-order valence-corrected chi connectivity index (χ0v) is 11.2. The van der Waals surface area contributed by atoms with Gasteiger partial charge in [0, 0.05) is 31.8 Å². The molecule has 1 aromatic heterocycles. The summed E-state index contributed by atoms with van der Waals surface area (Å²) in [6, 6.07) is 0. The molecule has 2 heterocycles. The molecular weight excluding hydrogens is 254 g/mol. The minimum atomic E-state index is -0.397. The van der Waals surface area contributed by atoms with Crippen LogP contribution in [0.5, 0.6) is 0 Å². The molecule has 1 aromatic rings. The first-order valence-electron chi connectivity index (χ1n) is 5.83. The fourth-order valence-electron chi connectivity index (χ4n) is 2.04. The van der Waals surface area contributed by atoms with Crippen LogP contribution in [0.2, 0.25) is 5.15 Å². The van der Waals surface area contributed by atoms with E-state index in [1.165, 1.54) is 6.08 Å². The lowest BCUT2D eigenvalue weighted by Gasteiger charge is -2.12. The van der Waals surface area contributed by atoms with E-state index >= 15 is 0 Å². The van der Waals surface area contributed by atoms with Gasteiger partial charge in [0.25, 0.3) is 0 Å². The number of hydrogen-bond donors (Lipinski definition) is 1. The third kappa shape index (κ3) is 2.57. The number of likely N-dealkylation sites (tertiary alicyclic amines) is 1. The first-order valence-corrected chi connectivity index (χ1v) is 6.21. The van der Waals surface area contributed by atoms with Gasteiger partial charge in [-0.1, -0.05) is 11.6 Å². The molecule has 0 aromatic carbocycles. The Morgan fingerprint density at radius 1 is 1.61 bits per heavy atom. The molecule has 98 valence electrons. The third-order valence-corrected chi connectivity index (χ3v) is 3.51. The van der Waals surface area contributed by atoms with Crippen molar-refractivity contribution in [2.24, 2.45) is 7.05 Å². The Labute approximate surface area is 111 Å². The van der Waals surface area contributed by atoms with Gasteiger partial charge in [-0.15, -0.1) is 0 Å². The molecule has 0 spiro atoms. The number of halogens is 1. The Morgan fingerprint density at radius 2 is 2.33 bits per heavy atom. The summed E-state index contributed by atoms with van der Waals surface area (Å²) in [6.07, 6.45) is 3.41. The van der Waals surface area contributed by atoms with Gasteiger partial charge in [0.15, 0.2) is 0 Å². The Balaban J connectivity index is 2.09. The van der Waals surface area contributed by atoms with Crippen molar-refractivity contribution < 1.29 is 9.90 Å².